The van der Waals surface area contributed by atoms with Gasteiger partial charge in [-0.1, -0.05) is 0 Å². The molecule has 0 aromatic heterocycles. The molecule has 0 aliphatic carbocycles. The standard InChI is InChI=1S/C8H16N2OS/c1-9(2)8(11)3-4-10-5-7(12)6-10/h7,12H,3-6H2,1-2H3. The van der Waals surface area contributed by atoms with Crippen LogP contribution < -0.4 is 0 Å². The first-order chi connectivity index (χ1) is 5.59. The molecule has 0 N–H and O–H groups in total. The van der Waals surface area contributed by atoms with E-state index in [1.54, 1.807) is 19.0 Å². The van der Waals surface area contributed by atoms with Gasteiger partial charge in [0.05, 0.1) is 0 Å². The lowest BCUT2D eigenvalue weighted by Gasteiger charge is -2.36. The van der Waals surface area contributed by atoms with Crippen molar-refractivity contribution < 1.29 is 4.79 Å². The summed E-state index contributed by atoms with van der Waals surface area (Å²) in [5.41, 5.74) is 0. The zero-order chi connectivity index (χ0) is 9.14. The van der Waals surface area contributed by atoms with Crippen LogP contribution in [0.1, 0.15) is 6.42 Å². The average Bonchev–Trinajstić information content (AvgIpc) is 1.95. The first-order valence-corrected chi connectivity index (χ1v) is 4.72. The summed E-state index contributed by atoms with van der Waals surface area (Å²) in [6.07, 6.45) is 0.632. The summed E-state index contributed by atoms with van der Waals surface area (Å²) in [6.45, 7) is 2.95. The van der Waals surface area contributed by atoms with Gasteiger partial charge in [-0.15, -0.1) is 0 Å². The number of carbonyl (C=O) groups is 1. The minimum atomic E-state index is 0.206. The van der Waals surface area contributed by atoms with Crippen molar-refractivity contribution in [2.75, 3.05) is 33.7 Å². The molecular weight excluding hydrogens is 172 g/mol. The number of amides is 1. The summed E-state index contributed by atoms with van der Waals surface area (Å²) in [6, 6.07) is 0. The van der Waals surface area contributed by atoms with Crippen LogP contribution in [0.4, 0.5) is 0 Å². The van der Waals surface area contributed by atoms with Crippen LogP contribution in [0.25, 0.3) is 0 Å². The lowest BCUT2D eigenvalue weighted by atomic mass is 10.2. The molecule has 0 spiro atoms. The number of hydrogen-bond acceptors (Lipinski definition) is 3. The molecule has 1 saturated heterocycles. The minimum Gasteiger partial charge on any atom is -0.349 e. The van der Waals surface area contributed by atoms with E-state index in [-0.39, 0.29) is 5.91 Å². The lowest BCUT2D eigenvalue weighted by molar-refractivity contribution is -0.129. The van der Waals surface area contributed by atoms with E-state index in [9.17, 15) is 4.79 Å². The van der Waals surface area contributed by atoms with E-state index in [4.69, 9.17) is 0 Å². The number of thiol groups is 1. The van der Waals surface area contributed by atoms with Gasteiger partial charge in [-0.05, 0) is 0 Å². The van der Waals surface area contributed by atoms with Crippen LogP contribution in [0.3, 0.4) is 0 Å². The molecule has 1 aliphatic rings. The van der Waals surface area contributed by atoms with Crippen LogP contribution in [0.2, 0.25) is 0 Å². The van der Waals surface area contributed by atoms with E-state index < -0.39 is 0 Å². The molecule has 1 amide bonds. The number of carbonyl (C=O) groups excluding carboxylic acids is 1. The highest BCUT2D eigenvalue weighted by Crippen LogP contribution is 2.13. The Morgan fingerprint density at radius 1 is 1.58 bits per heavy atom. The molecule has 1 rings (SSSR count). The largest absolute Gasteiger partial charge is 0.349 e. The van der Waals surface area contributed by atoms with Gasteiger partial charge in [0.15, 0.2) is 0 Å². The molecule has 0 radical (unpaired) electrons. The Bertz CT molecular complexity index is 166. The summed E-state index contributed by atoms with van der Waals surface area (Å²) in [7, 11) is 3.58. The number of likely N-dealkylation sites (tertiary alicyclic amines) is 1. The topological polar surface area (TPSA) is 23.6 Å². The Labute approximate surface area is 79.1 Å². The summed E-state index contributed by atoms with van der Waals surface area (Å²) in [5.74, 6) is 0.206. The Kier molecular flexibility index (Phi) is 3.40. The van der Waals surface area contributed by atoms with E-state index in [0.717, 1.165) is 19.6 Å². The van der Waals surface area contributed by atoms with Crippen LogP contribution >= 0.6 is 12.6 Å². The van der Waals surface area contributed by atoms with Crippen molar-refractivity contribution in [3.63, 3.8) is 0 Å². The van der Waals surface area contributed by atoms with Gasteiger partial charge in [-0.3, -0.25) is 4.79 Å². The van der Waals surface area contributed by atoms with Crippen LogP contribution in [0, 0.1) is 0 Å². The quantitative estimate of drug-likeness (QED) is 0.634. The second-order valence-corrected chi connectivity index (χ2v) is 4.18. The fourth-order valence-electron chi connectivity index (χ4n) is 1.20. The highest BCUT2D eigenvalue weighted by molar-refractivity contribution is 7.81. The van der Waals surface area contributed by atoms with Crippen LogP contribution in [-0.2, 0) is 4.79 Å². The molecule has 70 valence electrons. The Morgan fingerprint density at radius 2 is 2.17 bits per heavy atom. The number of nitrogens with zero attached hydrogens (tertiary/aromatic N) is 2. The smallest absolute Gasteiger partial charge is 0.223 e. The highest BCUT2D eigenvalue weighted by atomic mass is 32.1. The molecule has 0 atom stereocenters. The van der Waals surface area contributed by atoms with Gasteiger partial charge >= 0.3 is 0 Å². The van der Waals surface area contributed by atoms with Crippen molar-refractivity contribution >= 4 is 18.5 Å². The molecule has 4 heteroatoms. The van der Waals surface area contributed by atoms with Crippen molar-refractivity contribution in [2.24, 2.45) is 0 Å². The summed E-state index contributed by atoms with van der Waals surface area (Å²) < 4.78 is 0. The van der Waals surface area contributed by atoms with Crippen molar-refractivity contribution in [2.45, 2.75) is 11.7 Å². The van der Waals surface area contributed by atoms with Gasteiger partial charge in [0.2, 0.25) is 5.91 Å². The molecule has 1 heterocycles. The van der Waals surface area contributed by atoms with E-state index in [1.165, 1.54) is 0 Å². The third-order valence-corrected chi connectivity index (χ3v) is 2.41. The fraction of sp³-hybridized carbons (Fsp3) is 0.875. The molecule has 1 aliphatic heterocycles. The van der Waals surface area contributed by atoms with Crippen molar-refractivity contribution in [1.29, 1.82) is 0 Å². The SMILES string of the molecule is CN(C)C(=O)CCN1CC(S)C1. The van der Waals surface area contributed by atoms with Crippen molar-refractivity contribution in [3.8, 4) is 0 Å². The second-order valence-electron chi connectivity index (χ2n) is 3.45. The normalized spacial score (nSPS) is 18.9. The highest BCUT2D eigenvalue weighted by Gasteiger charge is 2.23. The van der Waals surface area contributed by atoms with Gasteiger partial charge in [-0.25, -0.2) is 0 Å². The third kappa shape index (κ3) is 2.68. The Balaban J connectivity index is 2.06. The van der Waals surface area contributed by atoms with Gasteiger partial charge in [-0.2, -0.15) is 12.6 Å². The summed E-state index contributed by atoms with van der Waals surface area (Å²) in [5, 5.41) is 0.527. The minimum absolute atomic E-state index is 0.206. The van der Waals surface area contributed by atoms with Crippen molar-refractivity contribution in [3.05, 3.63) is 0 Å². The van der Waals surface area contributed by atoms with Crippen LogP contribution in [0.15, 0.2) is 0 Å². The molecule has 0 saturated carbocycles. The van der Waals surface area contributed by atoms with Crippen LogP contribution in [0.5, 0.6) is 0 Å². The molecule has 0 aromatic carbocycles. The molecule has 0 bridgehead atoms. The first kappa shape index (κ1) is 9.86. The molecule has 1 fully saturated rings. The van der Waals surface area contributed by atoms with E-state index in [1.807, 2.05) is 0 Å². The number of hydrogen-bond donors (Lipinski definition) is 1. The summed E-state index contributed by atoms with van der Waals surface area (Å²) >= 11 is 4.29. The number of rotatable bonds is 3. The predicted octanol–water partition coefficient (Wildman–Crippen LogP) is 0.0787. The van der Waals surface area contributed by atoms with Gasteiger partial charge in [0.25, 0.3) is 0 Å². The Hall–Kier alpha value is -0.220. The summed E-state index contributed by atoms with van der Waals surface area (Å²) in [4.78, 5) is 15.0. The monoisotopic (exact) mass is 188 g/mol. The zero-order valence-electron chi connectivity index (χ0n) is 7.66. The van der Waals surface area contributed by atoms with Crippen molar-refractivity contribution in [1.82, 2.24) is 9.80 Å². The molecule has 3 nitrogen and oxygen atoms in total. The zero-order valence-corrected chi connectivity index (χ0v) is 8.55. The molecule has 0 unspecified atom stereocenters. The van der Waals surface area contributed by atoms with Crippen LogP contribution in [-0.4, -0.2) is 54.7 Å². The van der Waals surface area contributed by atoms with E-state index >= 15 is 0 Å². The van der Waals surface area contributed by atoms with Gasteiger partial charge in [0.1, 0.15) is 0 Å². The Morgan fingerprint density at radius 3 is 2.58 bits per heavy atom. The molecule has 0 aromatic rings. The maximum Gasteiger partial charge on any atom is 0.223 e. The molecular formula is C8H16N2OS. The van der Waals surface area contributed by atoms with Gasteiger partial charge in [0, 0.05) is 45.4 Å². The van der Waals surface area contributed by atoms with E-state index in [2.05, 4.69) is 17.5 Å². The first-order valence-electron chi connectivity index (χ1n) is 4.20. The maximum absolute atomic E-state index is 11.1. The maximum atomic E-state index is 11.1. The van der Waals surface area contributed by atoms with E-state index in [0.29, 0.717) is 11.7 Å². The predicted molar refractivity (Wildman–Crippen MR) is 52.5 cm³/mol. The van der Waals surface area contributed by atoms with Gasteiger partial charge < -0.3 is 9.80 Å². The fourth-order valence-corrected chi connectivity index (χ4v) is 1.66. The molecule has 12 heavy (non-hydrogen) atoms. The lowest BCUT2D eigenvalue weighted by Crippen LogP contribution is -2.48. The second kappa shape index (κ2) is 4.14. The third-order valence-electron chi connectivity index (χ3n) is 2.08. The average molecular weight is 188 g/mol.